The second kappa shape index (κ2) is 3.95. The molecule has 3 atom stereocenters. The van der Waals surface area contributed by atoms with Gasteiger partial charge in [0.25, 0.3) is 0 Å². The number of halogens is 1. The van der Waals surface area contributed by atoms with E-state index in [0.29, 0.717) is 5.02 Å². The fourth-order valence-corrected chi connectivity index (χ4v) is 4.46. The highest BCUT2D eigenvalue weighted by Gasteiger charge is 2.67. The van der Waals surface area contributed by atoms with Gasteiger partial charge in [-0.05, 0) is 17.7 Å². The zero-order chi connectivity index (χ0) is 12.8. The van der Waals surface area contributed by atoms with E-state index in [1.165, 1.54) is 6.26 Å². The number of hydrogen-bond donors (Lipinski definition) is 2. The Kier molecular flexibility index (Phi) is 2.98. The van der Waals surface area contributed by atoms with Crippen LogP contribution in [-0.4, -0.2) is 32.0 Å². The first kappa shape index (κ1) is 12.8. The summed E-state index contributed by atoms with van der Waals surface area (Å²) in [6, 6.07) is 7.06. The van der Waals surface area contributed by atoms with E-state index < -0.39 is 20.6 Å². The molecule has 0 spiro atoms. The molecule has 6 heteroatoms. The largest absolute Gasteiger partial charge is 0.329 e. The first-order valence-corrected chi connectivity index (χ1v) is 7.57. The summed E-state index contributed by atoms with van der Waals surface area (Å²) >= 11 is 5.79. The molecule has 0 unspecified atom stereocenters. The Morgan fingerprint density at radius 3 is 2.24 bits per heavy atom. The maximum Gasteiger partial charge on any atom is 0.152 e. The van der Waals surface area contributed by atoms with Crippen molar-refractivity contribution in [2.45, 2.75) is 16.7 Å². The average Bonchev–Trinajstić information content (AvgIpc) is 2.87. The van der Waals surface area contributed by atoms with Gasteiger partial charge in [0.15, 0.2) is 9.84 Å². The molecule has 0 aliphatic heterocycles. The SMILES string of the molecule is CS(=O)(=O)[C@@H]1[C@H](c2ccc(Cl)cc2)[C@@]1(N)CN. The summed E-state index contributed by atoms with van der Waals surface area (Å²) in [5, 5.41) is 0.0156. The molecule has 17 heavy (non-hydrogen) atoms. The molecule has 0 amide bonds. The molecule has 0 aromatic heterocycles. The predicted molar refractivity (Wildman–Crippen MR) is 68.8 cm³/mol. The van der Waals surface area contributed by atoms with Crippen LogP contribution in [0.5, 0.6) is 0 Å². The minimum absolute atomic E-state index is 0.151. The summed E-state index contributed by atoms with van der Waals surface area (Å²) in [6.07, 6.45) is 1.20. The van der Waals surface area contributed by atoms with Crippen molar-refractivity contribution in [3.8, 4) is 0 Å². The Morgan fingerprint density at radius 2 is 1.88 bits per heavy atom. The topological polar surface area (TPSA) is 86.2 Å². The summed E-state index contributed by atoms with van der Waals surface area (Å²) in [5.41, 5.74) is 11.7. The third kappa shape index (κ3) is 2.08. The Morgan fingerprint density at radius 1 is 1.35 bits per heavy atom. The molecule has 1 aliphatic rings. The lowest BCUT2D eigenvalue weighted by Gasteiger charge is -2.07. The second-order valence-corrected chi connectivity index (χ2v) is 7.20. The van der Waals surface area contributed by atoms with E-state index in [0.717, 1.165) is 5.56 Å². The highest BCUT2D eigenvalue weighted by atomic mass is 35.5. The molecule has 0 bridgehead atoms. The lowest BCUT2D eigenvalue weighted by Crippen LogP contribution is -2.38. The Labute approximate surface area is 106 Å². The Balaban J connectivity index is 2.37. The Bertz CT molecular complexity index is 529. The molecule has 94 valence electrons. The van der Waals surface area contributed by atoms with Gasteiger partial charge in [0, 0.05) is 23.7 Å². The molecule has 1 aliphatic carbocycles. The van der Waals surface area contributed by atoms with Gasteiger partial charge in [-0.3, -0.25) is 0 Å². The van der Waals surface area contributed by atoms with E-state index in [4.69, 9.17) is 23.1 Å². The molecule has 0 radical (unpaired) electrons. The third-order valence-corrected chi connectivity index (χ3v) is 5.23. The molecule has 0 saturated heterocycles. The second-order valence-electron chi connectivity index (χ2n) is 4.60. The maximum absolute atomic E-state index is 11.7. The van der Waals surface area contributed by atoms with Crippen LogP contribution in [0.4, 0.5) is 0 Å². The van der Waals surface area contributed by atoms with Crippen molar-refractivity contribution in [1.82, 2.24) is 0 Å². The van der Waals surface area contributed by atoms with Crippen molar-refractivity contribution in [2.24, 2.45) is 11.5 Å². The van der Waals surface area contributed by atoms with Crippen LogP contribution in [0.3, 0.4) is 0 Å². The van der Waals surface area contributed by atoms with Gasteiger partial charge < -0.3 is 11.5 Å². The van der Waals surface area contributed by atoms with Crippen LogP contribution in [0.15, 0.2) is 24.3 Å². The van der Waals surface area contributed by atoms with Crippen LogP contribution < -0.4 is 11.5 Å². The van der Waals surface area contributed by atoms with Crippen LogP contribution in [0.25, 0.3) is 0 Å². The van der Waals surface area contributed by atoms with E-state index in [1.54, 1.807) is 24.3 Å². The van der Waals surface area contributed by atoms with Gasteiger partial charge >= 0.3 is 0 Å². The molecule has 1 fully saturated rings. The highest BCUT2D eigenvalue weighted by molar-refractivity contribution is 7.91. The monoisotopic (exact) mass is 274 g/mol. The molecular weight excluding hydrogens is 260 g/mol. The van der Waals surface area contributed by atoms with Crippen molar-refractivity contribution < 1.29 is 8.42 Å². The smallest absolute Gasteiger partial charge is 0.152 e. The van der Waals surface area contributed by atoms with Gasteiger partial charge in [0.1, 0.15) is 0 Å². The van der Waals surface area contributed by atoms with Crippen molar-refractivity contribution >= 4 is 21.4 Å². The lowest BCUT2D eigenvalue weighted by molar-refractivity contribution is 0.591. The molecule has 0 heterocycles. The summed E-state index contributed by atoms with van der Waals surface area (Å²) in [7, 11) is -3.19. The first-order valence-electron chi connectivity index (χ1n) is 5.24. The number of nitrogens with two attached hydrogens (primary N) is 2. The number of rotatable bonds is 3. The third-order valence-electron chi connectivity index (χ3n) is 3.35. The zero-order valence-corrected chi connectivity index (χ0v) is 11.0. The van der Waals surface area contributed by atoms with Crippen LogP contribution >= 0.6 is 11.6 Å². The fraction of sp³-hybridized carbons (Fsp3) is 0.455. The normalized spacial score (nSPS) is 32.5. The Hall–Kier alpha value is -0.620. The van der Waals surface area contributed by atoms with Gasteiger partial charge in [-0.25, -0.2) is 8.42 Å². The molecule has 1 saturated carbocycles. The van der Waals surface area contributed by atoms with Crippen molar-refractivity contribution in [3.05, 3.63) is 34.9 Å². The van der Waals surface area contributed by atoms with Gasteiger partial charge in [0.05, 0.1) is 10.8 Å². The number of hydrogen-bond acceptors (Lipinski definition) is 4. The first-order chi connectivity index (χ1) is 7.80. The number of benzene rings is 1. The van der Waals surface area contributed by atoms with Gasteiger partial charge in [-0.1, -0.05) is 23.7 Å². The maximum atomic E-state index is 11.7. The van der Waals surface area contributed by atoms with E-state index in [9.17, 15) is 8.42 Å². The minimum atomic E-state index is -3.19. The molecule has 1 aromatic carbocycles. The van der Waals surface area contributed by atoms with E-state index >= 15 is 0 Å². The van der Waals surface area contributed by atoms with Crippen molar-refractivity contribution in [1.29, 1.82) is 0 Å². The van der Waals surface area contributed by atoms with E-state index in [-0.39, 0.29) is 12.5 Å². The molecule has 2 rings (SSSR count). The fourth-order valence-electron chi connectivity index (χ4n) is 2.47. The molecule has 4 N–H and O–H groups in total. The molecule has 4 nitrogen and oxygen atoms in total. The molecular formula is C11H15ClN2O2S. The summed E-state index contributed by atoms with van der Waals surface area (Å²) < 4.78 is 23.3. The molecule has 1 aromatic rings. The quantitative estimate of drug-likeness (QED) is 0.841. The predicted octanol–water partition coefficient (Wildman–Crippen LogP) is 0.507. The van der Waals surface area contributed by atoms with E-state index in [2.05, 4.69) is 0 Å². The summed E-state index contributed by atoms with van der Waals surface area (Å²) in [4.78, 5) is 0. The number of sulfone groups is 1. The van der Waals surface area contributed by atoms with Gasteiger partial charge in [-0.15, -0.1) is 0 Å². The highest BCUT2D eigenvalue weighted by Crippen LogP contribution is 2.53. The lowest BCUT2D eigenvalue weighted by atomic mass is 10.1. The van der Waals surface area contributed by atoms with Gasteiger partial charge in [0.2, 0.25) is 0 Å². The summed E-state index contributed by atoms with van der Waals surface area (Å²) in [5.74, 6) is -0.236. The summed E-state index contributed by atoms with van der Waals surface area (Å²) in [6.45, 7) is 0.151. The van der Waals surface area contributed by atoms with Crippen LogP contribution in [0.2, 0.25) is 5.02 Å². The van der Waals surface area contributed by atoms with Crippen LogP contribution in [-0.2, 0) is 9.84 Å². The van der Waals surface area contributed by atoms with Crippen molar-refractivity contribution in [2.75, 3.05) is 12.8 Å². The van der Waals surface area contributed by atoms with E-state index in [1.807, 2.05) is 0 Å². The van der Waals surface area contributed by atoms with Crippen LogP contribution in [0, 0.1) is 0 Å². The van der Waals surface area contributed by atoms with Gasteiger partial charge in [-0.2, -0.15) is 0 Å². The minimum Gasteiger partial charge on any atom is -0.329 e. The standard InChI is InChI=1S/C11H15ClN2O2S/c1-17(15,16)10-9(11(10,14)6-13)7-2-4-8(12)5-3-7/h2-5,9-10H,6,13-14H2,1H3/t9-,10+,11-/m0/s1. The average molecular weight is 275 g/mol. The van der Waals surface area contributed by atoms with Crippen LogP contribution in [0.1, 0.15) is 11.5 Å². The zero-order valence-electron chi connectivity index (χ0n) is 9.43. The van der Waals surface area contributed by atoms with Crippen molar-refractivity contribution in [3.63, 3.8) is 0 Å².